The van der Waals surface area contributed by atoms with Gasteiger partial charge in [0.2, 0.25) is 0 Å². The maximum Gasteiger partial charge on any atom is 0.0438 e. The van der Waals surface area contributed by atoms with Crippen LogP contribution in [0.3, 0.4) is 0 Å². The zero-order chi connectivity index (χ0) is 8.53. The molecule has 0 aliphatic heterocycles. The quantitative estimate of drug-likeness (QED) is 0.588. The topological polar surface area (TPSA) is 23.5 Å². The summed E-state index contributed by atoms with van der Waals surface area (Å²) in [6, 6.07) is 0. The van der Waals surface area contributed by atoms with Crippen molar-refractivity contribution in [3.8, 4) is 0 Å². The molecule has 0 radical (unpaired) electrons. The molecule has 0 aliphatic rings. The van der Waals surface area contributed by atoms with E-state index in [-0.39, 0.29) is 0 Å². The van der Waals surface area contributed by atoms with Crippen LogP contribution in [0.25, 0.3) is 0 Å². The second-order valence-corrected chi connectivity index (χ2v) is 4.07. The molecule has 2 nitrogen and oxygen atoms in total. The van der Waals surface area contributed by atoms with E-state index >= 15 is 0 Å². The molecule has 0 fully saturated rings. The van der Waals surface area contributed by atoms with Crippen LogP contribution in [0.5, 0.6) is 0 Å². The minimum Gasteiger partial charge on any atom is -0.396 e. The Bertz CT molecular complexity index is 78.5. The van der Waals surface area contributed by atoms with E-state index in [1.54, 1.807) is 0 Å². The zero-order valence-corrected chi connectivity index (χ0v) is 8.36. The molecule has 0 heterocycles. The fourth-order valence-corrected chi connectivity index (χ4v) is 1.62. The maximum absolute atomic E-state index is 8.49. The Morgan fingerprint density at radius 1 is 1.18 bits per heavy atom. The first-order valence-corrected chi connectivity index (χ1v) is 5.26. The minimum absolute atomic E-state index is 0.334. The Balaban J connectivity index is 2.80. The van der Waals surface area contributed by atoms with E-state index in [0.717, 1.165) is 12.2 Å². The second kappa shape index (κ2) is 8.37. The van der Waals surface area contributed by atoms with Crippen molar-refractivity contribution >= 4 is 11.8 Å². The highest BCUT2D eigenvalue weighted by Crippen LogP contribution is 2.03. The molecule has 0 saturated heterocycles. The average molecular weight is 177 g/mol. The van der Waals surface area contributed by atoms with Gasteiger partial charge in [-0.05, 0) is 45.0 Å². The molecule has 3 heteroatoms. The highest BCUT2D eigenvalue weighted by atomic mass is 32.2. The Labute approximate surface area is 74.0 Å². The lowest BCUT2D eigenvalue weighted by atomic mass is 10.5. The first-order chi connectivity index (χ1) is 5.27. The highest BCUT2D eigenvalue weighted by Gasteiger charge is 1.91. The van der Waals surface area contributed by atoms with Gasteiger partial charge < -0.3 is 10.0 Å². The van der Waals surface area contributed by atoms with E-state index < -0.39 is 0 Å². The summed E-state index contributed by atoms with van der Waals surface area (Å²) in [5, 5.41) is 8.49. The van der Waals surface area contributed by atoms with Gasteiger partial charge in [0.15, 0.2) is 0 Å². The number of nitrogens with zero attached hydrogens (tertiary/aromatic N) is 1. The third-order valence-corrected chi connectivity index (χ3v) is 2.50. The highest BCUT2D eigenvalue weighted by molar-refractivity contribution is 7.99. The summed E-state index contributed by atoms with van der Waals surface area (Å²) in [7, 11) is 4.19. The number of aliphatic hydroxyl groups excluding tert-OH is 1. The van der Waals surface area contributed by atoms with Crippen LogP contribution in [-0.2, 0) is 0 Å². The van der Waals surface area contributed by atoms with Crippen LogP contribution in [0, 0.1) is 0 Å². The van der Waals surface area contributed by atoms with Crippen LogP contribution >= 0.6 is 11.8 Å². The fourth-order valence-electron chi connectivity index (χ4n) is 0.752. The predicted octanol–water partition coefficient (Wildman–Crippen LogP) is 1.05. The van der Waals surface area contributed by atoms with Crippen LogP contribution in [0.2, 0.25) is 0 Å². The summed E-state index contributed by atoms with van der Waals surface area (Å²) in [6.45, 7) is 1.51. The smallest absolute Gasteiger partial charge is 0.0438 e. The molecule has 68 valence electrons. The molecule has 0 aromatic heterocycles. The fraction of sp³-hybridized carbons (Fsp3) is 1.00. The third kappa shape index (κ3) is 10.3. The molecule has 0 aliphatic carbocycles. The molecule has 11 heavy (non-hydrogen) atoms. The third-order valence-electron chi connectivity index (χ3n) is 1.34. The van der Waals surface area contributed by atoms with Gasteiger partial charge in [0, 0.05) is 6.61 Å². The molecule has 0 spiro atoms. The normalized spacial score (nSPS) is 10.9. The molecule has 0 unspecified atom stereocenters. The minimum atomic E-state index is 0.334. The average Bonchev–Trinajstić information content (AvgIpc) is 1.96. The predicted molar refractivity (Wildman–Crippen MR) is 52.2 cm³/mol. The van der Waals surface area contributed by atoms with Gasteiger partial charge in [-0.15, -0.1) is 0 Å². The summed E-state index contributed by atoms with van der Waals surface area (Å²) in [5.74, 6) is 2.32. The van der Waals surface area contributed by atoms with Gasteiger partial charge in [0.1, 0.15) is 0 Å². The van der Waals surface area contributed by atoms with Gasteiger partial charge in [-0.3, -0.25) is 0 Å². The number of hydrogen-bond donors (Lipinski definition) is 1. The lowest BCUT2D eigenvalue weighted by molar-refractivity contribution is 0.296. The Morgan fingerprint density at radius 2 is 1.82 bits per heavy atom. The molecular weight excluding hydrogens is 158 g/mol. The summed E-state index contributed by atoms with van der Waals surface area (Å²) >= 11 is 1.93. The summed E-state index contributed by atoms with van der Waals surface area (Å²) in [6.07, 6.45) is 2.19. The second-order valence-electron chi connectivity index (χ2n) is 2.85. The molecule has 0 bridgehead atoms. The number of hydrogen-bond acceptors (Lipinski definition) is 3. The van der Waals surface area contributed by atoms with Gasteiger partial charge in [0.25, 0.3) is 0 Å². The van der Waals surface area contributed by atoms with Crippen LogP contribution in [0.15, 0.2) is 0 Å². The van der Waals surface area contributed by atoms with Crippen LogP contribution in [0.1, 0.15) is 12.8 Å². The van der Waals surface area contributed by atoms with Gasteiger partial charge in [-0.1, -0.05) is 0 Å². The van der Waals surface area contributed by atoms with Crippen LogP contribution in [-0.4, -0.2) is 48.8 Å². The van der Waals surface area contributed by atoms with Gasteiger partial charge in [-0.2, -0.15) is 11.8 Å². The molecule has 1 N–H and O–H groups in total. The lowest BCUT2D eigenvalue weighted by Gasteiger charge is -2.07. The van der Waals surface area contributed by atoms with E-state index in [1.165, 1.54) is 18.7 Å². The summed E-state index contributed by atoms with van der Waals surface area (Å²) in [5.41, 5.74) is 0. The largest absolute Gasteiger partial charge is 0.396 e. The number of thioether (sulfide) groups is 1. The van der Waals surface area contributed by atoms with Crippen molar-refractivity contribution in [1.82, 2.24) is 4.90 Å². The van der Waals surface area contributed by atoms with E-state index in [2.05, 4.69) is 19.0 Å². The standard InChI is InChI=1S/C8H19NOS/c1-9(2)5-3-7-11-8-4-6-10/h10H,3-8H2,1-2H3. The van der Waals surface area contributed by atoms with Crippen molar-refractivity contribution in [3.63, 3.8) is 0 Å². The van der Waals surface area contributed by atoms with Gasteiger partial charge in [-0.25, -0.2) is 0 Å². The Morgan fingerprint density at radius 3 is 2.36 bits per heavy atom. The van der Waals surface area contributed by atoms with E-state index in [4.69, 9.17) is 5.11 Å². The van der Waals surface area contributed by atoms with Crippen molar-refractivity contribution in [2.75, 3.05) is 38.8 Å². The molecule has 0 rings (SSSR count). The van der Waals surface area contributed by atoms with Gasteiger partial charge >= 0.3 is 0 Å². The van der Waals surface area contributed by atoms with Crippen molar-refractivity contribution in [1.29, 1.82) is 0 Å². The maximum atomic E-state index is 8.49. The molecule has 0 aromatic rings. The summed E-state index contributed by atoms with van der Waals surface area (Å²) < 4.78 is 0. The lowest BCUT2D eigenvalue weighted by Crippen LogP contribution is -2.13. The van der Waals surface area contributed by atoms with Crippen LogP contribution in [0.4, 0.5) is 0 Å². The monoisotopic (exact) mass is 177 g/mol. The number of aliphatic hydroxyl groups is 1. The molecule has 0 aromatic carbocycles. The molecule has 0 atom stereocenters. The van der Waals surface area contributed by atoms with Crippen LogP contribution < -0.4 is 0 Å². The molecule has 0 amide bonds. The molecular formula is C8H19NOS. The van der Waals surface area contributed by atoms with Crippen molar-refractivity contribution in [2.45, 2.75) is 12.8 Å². The number of rotatable bonds is 7. The summed E-state index contributed by atoms with van der Waals surface area (Å²) in [4.78, 5) is 2.20. The first-order valence-electron chi connectivity index (χ1n) is 4.10. The van der Waals surface area contributed by atoms with E-state index in [9.17, 15) is 0 Å². The zero-order valence-electron chi connectivity index (χ0n) is 7.55. The van der Waals surface area contributed by atoms with Crippen molar-refractivity contribution < 1.29 is 5.11 Å². The Hall–Kier alpha value is 0.270. The Kier molecular flexibility index (Phi) is 8.57. The molecule has 0 saturated carbocycles. The van der Waals surface area contributed by atoms with Gasteiger partial charge in [0.05, 0.1) is 0 Å². The SMILES string of the molecule is CN(C)CCCSCCCO. The van der Waals surface area contributed by atoms with E-state index in [0.29, 0.717) is 6.61 Å². The van der Waals surface area contributed by atoms with Crippen molar-refractivity contribution in [3.05, 3.63) is 0 Å². The first kappa shape index (κ1) is 11.3. The van der Waals surface area contributed by atoms with Crippen molar-refractivity contribution in [2.24, 2.45) is 0 Å². The van der Waals surface area contributed by atoms with E-state index in [1.807, 2.05) is 11.8 Å².